The van der Waals surface area contributed by atoms with Crippen LogP contribution in [0.2, 0.25) is 0 Å². The number of amides is 1. The normalized spacial score (nSPS) is 15.5. The number of nitrogens with one attached hydrogen (secondary N) is 1. The second kappa shape index (κ2) is 5.29. The zero-order chi connectivity index (χ0) is 14.0. The van der Waals surface area contributed by atoms with Crippen molar-refractivity contribution in [3.8, 4) is 0 Å². The lowest BCUT2D eigenvalue weighted by molar-refractivity contribution is -0.387. The lowest BCUT2D eigenvalue weighted by atomic mass is 10.1. The first-order chi connectivity index (χ1) is 9.00. The Morgan fingerprint density at radius 2 is 1.95 bits per heavy atom. The molecule has 1 saturated carbocycles. The Labute approximate surface area is 107 Å². The minimum Gasteiger partial charge on any atom is -0.349 e. The molecule has 0 bridgehead atoms. The minimum absolute atomic E-state index is 0.120. The zero-order valence-corrected chi connectivity index (χ0v) is 9.99. The number of nitrogens with zero attached hydrogens (tertiary/aromatic N) is 1. The Morgan fingerprint density at radius 1 is 1.32 bits per heavy atom. The number of carbonyl (C=O) groups excluding carboxylic acids is 1. The summed E-state index contributed by atoms with van der Waals surface area (Å²) in [5.74, 6) is -3.47. The van der Waals surface area contributed by atoms with E-state index in [2.05, 4.69) is 5.32 Å². The smallest absolute Gasteiger partial charge is 0.305 e. The van der Waals surface area contributed by atoms with Gasteiger partial charge in [0.15, 0.2) is 0 Å². The van der Waals surface area contributed by atoms with E-state index in [1.54, 1.807) is 0 Å². The van der Waals surface area contributed by atoms with Crippen LogP contribution in [0, 0.1) is 21.7 Å². The van der Waals surface area contributed by atoms with Crippen LogP contribution in [0.5, 0.6) is 0 Å². The van der Waals surface area contributed by atoms with Gasteiger partial charge in [0.1, 0.15) is 11.4 Å². The van der Waals surface area contributed by atoms with Gasteiger partial charge >= 0.3 is 5.69 Å². The van der Waals surface area contributed by atoms with Crippen LogP contribution in [0.25, 0.3) is 0 Å². The Balaban J connectivity index is 2.29. The molecule has 0 atom stereocenters. The molecule has 2 rings (SSSR count). The standard InChI is InChI=1S/C12H12F2N2O3/c13-8-5-6-9(16(18)19)11(14)10(8)12(17)15-7-3-1-2-4-7/h5-7H,1-4H2,(H,15,17). The van der Waals surface area contributed by atoms with Gasteiger partial charge in [0.05, 0.1) is 4.92 Å². The van der Waals surface area contributed by atoms with Gasteiger partial charge < -0.3 is 5.32 Å². The van der Waals surface area contributed by atoms with Crippen molar-refractivity contribution in [1.82, 2.24) is 5.32 Å². The molecule has 0 aromatic heterocycles. The van der Waals surface area contributed by atoms with E-state index in [1.165, 1.54) is 0 Å². The molecule has 1 aromatic rings. The maximum absolute atomic E-state index is 13.8. The van der Waals surface area contributed by atoms with Gasteiger partial charge in [-0.1, -0.05) is 12.8 Å². The van der Waals surface area contributed by atoms with Crippen molar-refractivity contribution in [2.75, 3.05) is 0 Å². The van der Waals surface area contributed by atoms with Crippen LogP contribution >= 0.6 is 0 Å². The molecule has 0 unspecified atom stereocenters. The first kappa shape index (κ1) is 13.4. The zero-order valence-electron chi connectivity index (χ0n) is 9.99. The summed E-state index contributed by atoms with van der Waals surface area (Å²) in [5, 5.41) is 13.1. The number of benzene rings is 1. The monoisotopic (exact) mass is 270 g/mol. The molecule has 5 nitrogen and oxygen atoms in total. The van der Waals surface area contributed by atoms with Crippen LogP contribution < -0.4 is 5.32 Å². The van der Waals surface area contributed by atoms with Crippen LogP contribution in [0.1, 0.15) is 36.0 Å². The van der Waals surface area contributed by atoms with Crippen LogP contribution in [-0.2, 0) is 0 Å². The van der Waals surface area contributed by atoms with Crippen molar-refractivity contribution in [3.63, 3.8) is 0 Å². The van der Waals surface area contributed by atoms with E-state index < -0.39 is 33.7 Å². The summed E-state index contributed by atoms with van der Waals surface area (Å²) >= 11 is 0. The van der Waals surface area contributed by atoms with Crippen molar-refractivity contribution in [2.24, 2.45) is 0 Å². The second-order valence-corrected chi connectivity index (χ2v) is 4.47. The molecule has 0 heterocycles. The molecule has 0 aliphatic heterocycles. The number of hydrogen-bond donors (Lipinski definition) is 1. The van der Waals surface area contributed by atoms with Crippen molar-refractivity contribution in [3.05, 3.63) is 39.4 Å². The Bertz CT molecular complexity index is 528. The Morgan fingerprint density at radius 3 is 2.53 bits per heavy atom. The third kappa shape index (κ3) is 2.69. The largest absolute Gasteiger partial charge is 0.349 e. The average Bonchev–Trinajstić information content (AvgIpc) is 2.81. The van der Waals surface area contributed by atoms with Crippen molar-refractivity contribution >= 4 is 11.6 Å². The van der Waals surface area contributed by atoms with Gasteiger partial charge in [-0.05, 0) is 18.9 Å². The number of carbonyl (C=O) groups is 1. The molecule has 19 heavy (non-hydrogen) atoms. The van der Waals surface area contributed by atoms with Gasteiger partial charge in [0.2, 0.25) is 5.82 Å². The number of nitro benzene ring substituents is 1. The molecule has 1 aromatic carbocycles. The molecule has 1 amide bonds. The molecule has 1 fully saturated rings. The molecule has 0 saturated heterocycles. The van der Waals surface area contributed by atoms with Gasteiger partial charge in [-0.2, -0.15) is 4.39 Å². The number of rotatable bonds is 3. The van der Waals surface area contributed by atoms with Crippen LogP contribution in [0.4, 0.5) is 14.5 Å². The third-order valence-electron chi connectivity index (χ3n) is 3.18. The Hall–Kier alpha value is -2.05. The third-order valence-corrected chi connectivity index (χ3v) is 3.18. The average molecular weight is 270 g/mol. The van der Waals surface area contributed by atoms with Crippen molar-refractivity contribution < 1.29 is 18.5 Å². The van der Waals surface area contributed by atoms with E-state index in [4.69, 9.17) is 0 Å². The van der Waals surface area contributed by atoms with Crippen LogP contribution in [0.15, 0.2) is 12.1 Å². The summed E-state index contributed by atoms with van der Waals surface area (Å²) in [5.41, 5.74) is -1.79. The van der Waals surface area contributed by atoms with E-state index in [9.17, 15) is 23.7 Å². The summed E-state index contributed by atoms with van der Waals surface area (Å²) < 4.78 is 27.3. The molecular formula is C12H12F2N2O3. The number of halogens is 2. The van der Waals surface area contributed by atoms with Gasteiger partial charge in [-0.3, -0.25) is 14.9 Å². The molecule has 0 radical (unpaired) electrons. The molecule has 102 valence electrons. The Kier molecular flexibility index (Phi) is 3.73. The number of hydrogen-bond acceptors (Lipinski definition) is 3. The molecule has 1 N–H and O–H groups in total. The maximum Gasteiger partial charge on any atom is 0.305 e. The highest BCUT2D eigenvalue weighted by atomic mass is 19.1. The van der Waals surface area contributed by atoms with E-state index in [0.29, 0.717) is 6.07 Å². The summed E-state index contributed by atoms with van der Waals surface area (Å²) in [6, 6.07) is 1.31. The fraction of sp³-hybridized carbons (Fsp3) is 0.417. The highest BCUT2D eigenvalue weighted by Crippen LogP contribution is 2.24. The predicted molar refractivity (Wildman–Crippen MR) is 62.7 cm³/mol. The fourth-order valence-corrected chi connectivity index (χ4v) is 2.22. The first-order valence-corrected chi connectivity index (χ1v) is 5.94. The van der Waals surface area contributed by atoms with E-state index in [0.717, 1.165) is 31.7 Å². The van der Waals surface area contributed by atoms with Crippen LogP contribution in [-0.4, -0.2) is 16.9 Å². The minimum atomic E-state index is -1.43. The van der Waals surface area contributed by atoms with E-state index in [-0.39, 0.29) is 6.04 Å². The van der Waals surface area contributed by atoms with Gasteiger partial charge in [0, 0.05) is 12.1 Å². The fourth-order valence-electron chi connectivity index (χ4n) is 2.22. The lowest BCUT2D eigenvalue weighted by Crippen LogP contribution is -2.33. The number of nitro groups is 1. The predicted octanol–water partition coefficient (Wildman–Crippen LogP) is 2.55. The topological polar surface area (TPSA) is 72.2 Å². The van der Waals surface area contributed by atoms with Crippen LogP contribution in [0.3, 0.4) is 0 Å². The van der Waals surface area contributed by atoms with Crippen molar-refractivity contribution in [1.29, 1.82) is 0 Å². The summed E-state index contributed by atoms with van der Waals surface area (Å²) in [7, 11) is 0. The van der Waals surface area contributed by atoms with E-state index >= 15 is 0 Å². The summed E-state index contributed by atoms with van der Waals surface area (Å²) in [6.45, 7) is 0. The second-order valence-electron chi connectivity index (χ2n) is 4.47. The van der Waals surface area contributed by atoms with E-state index in [1.807, 2.05) is 0 Å². The highest BCUT2D eigenvalue weighted by molar-refractivity contribution is 5.95. The van der Waals surface area contributed by atoms with Gasteiger partial charge in [-0.15, -0.1) is 0 Å². The quantitative estimate of drug-likeness (QED) is 0.677. The molecule has 1 aliphatic carbocycles. The van der Waals surface area contributed by atoms with Gasteiger partial charge in [0.25, 0.3) is 5.91 Å². The molecule has 7 heteroatoms. The van der Waals surface area contributed by atoms with Gasteiger partial charge in [-0.25, -0.2) is 4.39 Å². The summed E-state index contributed by atoms with van der Waals surface area (Å²) in [4.78, 5) is 21.4. The van der Waals surface area contributed by atoms with Crippen molar-refractivity contribution in [2.45, 2.75) is 31.7 Å². The molecule has 0 spiro atoms. The SMILES string of the molecule is O=C(NC1CCCC1)c1c(F)ccc([N+](=O)[O-])c1F. The first-order valence-electron chi connectivity index (χ1n) is 5.94. The summed E-state index contributed by atoms with van der Waals surface area (Å²) in [6.07, 6.45) is 3.41. The molecule has 1 aliphatic rings. The maximum atomic E-state index is 13.8. The lowest BCUT2D eigenvalue weighted by Gasteiger charge is -2.12. The highest BCUT2D eigenvalue weighted by Gasteiger charge is 2.28. The molecular weight excluding hydrogens is 258 g/mol.